The molecule has 0 aromatic carbocycles. The number of anilines is 1. The highest BCUT2D eigenvalue weighted by molar-refractivity contribution is 5.54. The minimum Gasteiger partial charge on any atom is -0.489 e. The van der Waals surface area contributed by atoms with Crippen LogP contribution in [-0.4, -0.2) is 24.1 Å². The number of methoxy groups -OCH3 is 1. The van der Waals surface area contributed by atoms with Gasteiger partial charge in [-0.1, -0.05) is 0 Å². The fourth-order valence-electron chi connectivity index (χ4n) is 1.36. The molecule has 0 aliphatic rings. The van der Waals surface area contributed by atoms with Crippen LogP contribution in [0, 0.1) is 0 Å². The SMILES string of the molecule is CNc1ncnc(OCc2ccco2)c1OC. The summed E-state index contributed by atoms with van der Waals surface area (Å²) in [5.41, 5.74) is 0. The van der Waals surface area contributed by atoms with Crippen molar-refractivity contribution in [1.29, 1.82) is 0 Å². The first kappa shape index (κ1) is 11.3. The zero-order valence-corrected chi connectivity index (χ0v) is 9.64. The standard InChI is InChI=1S/C11H13N3O3/c1-12-10-9(15-2)11(14-7-13-10)17-6-8-4-3-5-16-8/h3-5,7H,6H2,1-2H3,(H,12,13,14). The van der Waals surface area contributed by atoms with E-state index in [0.717, 1.165) is 5.76 Å². The van der Waals surface area contributed by atoms with Gasteiger partial charge in [0.25, 0.3) is 5.88 Å². The molecule has 2 heterocycles. The van der Waals surface area contributed by atoms with Crippen molar-refractivity contribution < 1.29 is 13.9 Å². The lowest BCUT2D eigenvalue weighted by molar-refractivity contribution is 0.246. The van der Waals surface area contributed by atoms with Crippen LogP contribution in [0.5, 0.6) is 11.6 Å². The van der Waals surface area contributed by atoms with Gasteiger partial charge in [-0.15, -0.1) is 0 Å². The Balaban J connectivity index is 2.14. The molecule has 17 heavy (non-hydrogen) atoms. The number of aromatic nitrogens is 2. The van der Waals surface area contributed by atoms with Gasteiger partial charge < -0.3 is 19.2 Å². The van der Waals surface area contributed by atoms with E-state index in [4.69, 9.17) is 13.9 Å². The first-order valence-electron chi connectivity index (χ1n) is 5.07. The van der Waals surface area contributed by atoms with Gasteiger partial charge >= 0.3 is 0 Å². The van der Waals surface area contributed by atoms with Gasteiger partial charge in [0.1, 0.15) is 18.7 Å². The molecule has 0 fully saturated rings. The molecule has 0 amide bonds. The number of furan rings is 1. The van der Waals surface area contributed by atoms with Crippen LogP contribution in [0.3, 0.4) is 0 Å². The van der Waals surface area contributed by atoms with E-state index in [1.165, 1.54) is 6.33 Å². The Labute approximate surface area is 98.6 Å². The number of nitrogens with zero attached hydrogens (tertiary/aromatic N) is 2. The number of hydrogen-bond donors (Lipinski definition) is 1. The predicted octanol–water partition coefficient (Wildman–Crippen LogP) is 1.70. The van der Waals surface area contributed by atoms with Crippen molar-refractivity contribution in [2.45, 2.75) is 6.61 Å². The fourth-order valence-corrected chi connectivity index (χ4v) is 1.36. The second-order valence-electron chi connectivity index (χ2n) is 3.18. The van der Waals surface area contributed by atoms with E-state index in [2.05, 4.69) is 15.3 Å². The van der Waals surface area contributed by atoms with Crippen LogP contribution in [-0.2, 0) is 6.61 Å². The topological polar surface area (TPSA) is 69.4 Å². The molecule has 0 spiro atoms. The normalized spacial score (nSPS) is 10.0. The summed E-state index contributed by atoms with van der Waals surface area (Å²) in [7, 11) is 3.29. The Kier molecular flexibility index (Phi) is 3.44. The molecule has 6 heteroatoms. The average Bonchev–Trinajstić information content (AvgIpc) is 2.88. The van der Waals surface area contributed by atoms with Crippen molar-refractivity contribution in [1.82, 2.24) is 9.97 Å². The highest BCUT2D eigenvalue weighted by Crippen LogP contribution is 2.30. The highest BCUT2D eigenvalue weighted by Gasteiger charge is 2.12. The summed E-state index contributed by atoms with van der Waals surface area (Å²) in [4.78, 5) is 8.04. The molecule has 1 N–H and O–H groups in total. The number of nitrogens with one attached hydrogen (secondary N) is 1. The molecule has 90 valence electrons. The Morgan fingerprint density at radius 3 is 2.94 bits per heavy atom. The summed E-state index contributed by atoms with van der Waals surface area (Å²) in [5.74, 6) is 2.15. The minimum absolute atomic E-state index is 0.295. The number of ether oxygens (including phenoxy) is 2. The van der Waals surface area contributed by atoms with Gasteiger partial charge in [0, 0.05) is 7.05 Å². The Morgan fingerprint density at radius 1 is 1.41 bits per heavy atom. The first-order chi connectivity index (χ1) is 8.35. The van der Waals surface area contributed by atoms with E-state index in [-0.39, 0.29) is 0 Å². The third-order valence-electron chi connectivity index (χ3n) is 2.14. The average molecular weight is 235 g/mol. The third kappa shape index (κ3) is 2.47. The largest absolute Gasteiger partial charge is 0.489 e. The molecule has 2 aromatic rings. The third-order valence-corrected chi connectivity index (χ3v) is 2.14. The van der Waals surface area contributed by atoms with Crippen LogP contribution < -0.4 is 14.8 Å². The maximum atomic E-state index is 5.51. The first-order valence-corrected chi connectivity index (χ1v) is 5.07. The molecule has 0 aliphatic heterocycles. The molecule has 6 nitrogen and oxygen atoms in total. The van der Waals surface area contributed by atoms with Crippen molar-refractivity contribution in [2.24, 2.45) is 0 Å². The van der Waals surface area contributed by atoms with Crippen molar-refractivity contribution in [2.75, 3.05) is 19.5 Å². The summed E-state index contributed by atoms with van der Waals surface area (Å²) >= 11 is 0. The summed E-state index contributed by atoms with van der Waals surface area (Å²) in [6.07, 6.45) is 3.00. The second-order valence-corrected chi connectivity index (χ2v) is 3.18. The van der Waals surface area contributed by atoms with Crippen molar-refractivity contribution in [3.8, 4) is 11.6 Å². The van der Waals surface area contributed by atoms with Crippen LogP contribution >= 0.6 is 0 Å². The summed E-state index contributed by atoms with van der Waals surface area (Å²) in [6, 6.07) is 3.63. The van der Waals surface area contributed by atoms with Crippen molar-refractivity contribution in [3.63, 3.8) is 0 Å². The molecule has 0 atom stereocenters. The van der Waals surface area contributed by atoms with Gasteiger partial charge in [0.2, 0.25) is 5.75 Å². The summed E-state index contributed by atoms with van der Waals surface area (Å²) < 4.78 is 15.9. The second kappa shape index (κ2) is 5.20. The monoisotopic (exact) mass is 235 g/mol. The number of rotatable bonds is 5. The lowest BCUT2D eigenvalue weighted by Crippen LogP contribution is -2.03. The summed E-state index contributed by atoms with van der Waals surface area (Å²) in [6.45, 7) is 0.295. The van der Waals surface area contributed by atoms with Crippen LogP contribution in [0.2, 0.25) is 0 Å². The molecule has 0 bridgehead atoms. The van der Waals surface area contributed by atoms with Gasteiger partial charge in [-0.2, -0.15) is 4.98 Å². The lowest BCUT2D eigenvalue weighted by Gasteiger charge is -2.10. The van der Waals surface area contributed by atoms with Crippen LogP contribution in [0.4, 0.5) is 5.82 Å². The molecule has 0 saturated carbocycles. The smallest absolute Gasteiger partial charge is 0.262 e. The van der Waals surface area contributed by atoms with E-state index in [1.807, 2.05) is 6.07 Å². The van der Waals surface area contributed by atoms with Crippen molar-refractivity contribution >= 4 is 5.82 Å². The van der Waals surface area contributed by atoms with Crippen LogP contribution in [0.15, 0.2) is 29.1 Å². The zero-order valence-electron chi connectivity index (χ0n) is 9.64. The van der Waals surface area contributed by atoms with E-state index < -0.39 is 0 Å². The molecule has 0 saturated heterocycles. The van der Waals surface area contributed by atoms with E-state index in [1.54, 1.807) is 26.5 Å². The van der Waals surface area contributed by atoms with Gasteiger partial charge in [-0.3, -0.25) is 0 Å². The van der Waals surface area contributed by atoms with E-state index in [9.17, 15) is 0 Å². The molecule has 0 unspecified atom stereocenters. The maximum Gasteiger partial charge on any atom is 0.262 e. The molecular formula is C11H13N3O3. The maximum absolute atomic E-state index is 5.51. The lowest BCUT2D eigenvalue weighted by atomic mass is 10.4. The van der Waals surface area contributed by atoms with Gasteiger partial charge in [-0.05, 0) is 12.1 Å². The Morgan fingerprint density at radius 2 is 2.29 bits per heavy atom. The number of hydrogen-bond acceptors (Lipinski definition) is 6. The quantitative estimate of drug-likeness (QED) is 0.850. The van der Waals surface area contributed by atoms with E-state index >= 15 is 0 Å². The van der Waals surface area contributed by atoms with E-state index in [0.29, 0.717) is 24.1 Å². The van der Waals surface area contributed by atoms with Crippen LogP contribution in [0.25, 0.3) is 0 Å². The highest BCUT2D eigenvalue weighted by atomic mass is 16.5. The predicted molar refractivity (Wildman–Crippen MR) is 61.2 cm³/mol. The molecule has 2 rings (SSSR count). The molecule has 0 radical (unpaired) electrons. The van der Waals surface area contributed by atoms with Gasteiger partial charge in [-0.25, -0.2) is 4.98 Å². The minimum atomic E-state index is 0.295. The zero-order chi connectivity index (χ0) is 12.1. The van der Waals surface area contributed by atoms with Crippen LogP contribution in [0.1, 0.15) is 5.76 Å². The molecule has 0 aliphatic carbocycles. The summed E-state index contributed by atoms with van der Waals surface area (Å²) in [5, 5.41) is 2.90. The Bertz CT molecular complexity index is 471. The molecular weight excluding hydrogens is 222 g/mol. The fraction of sp³-hybridized carbons (Fsp3) is 0.273. The van der Waals surface area contributed by atoms with Gasteiger partial charge in [0.15, 0.2) is 5.82 Å². The van der Waals surface area contributed by atoms with Gasteiger partial charge in [0.05, 0.1) is 13.4 Å². The van der Waals surface area contributed by atoms with Crippen molar-refractivity contribution in [3.05, 3.63) is 30.5 Å². The Hall–Kier alpha value is -2.24. The molecule has 2 aromatic heterocycles.